The lowest BCUT2D eigenvalue weighted by molar-refractivity contribution is 0.124. The van der Waals surface area contributed by atoms with Crippen molar-refractivity contribution in [3.05, 3.63) is 18.2 Å². The number of methoxy groups -OCH3 is 1. The van der Waals surface area contributed by atoms with Crippen LogP contribution in [0.1, 0.15) is 27.7 Å². The maximum atomic E-state index is 5.27. The molecule has 18 heavy (non-hydrogen) atoms. The topological polar surface area (TPSA) is 37.4 Å². The number of rotatable bonds is 5. The third kappa shape index (κ3) is 4.92. The second-order valence-electron chi connectivity index (χ2n) is 5.68. The summed E-state index contributed by atoms with van der Waals surface area (Å²) in [5.74, 6) is 1.85. The Morgan fingerprint density at radius 2 is 2.06 bits per heavy atom. The number of pyridine rings is 1. The van der Waals surface area contributed by atoms with E-state index in [1.165, 1.54) is 0 Å². The Morgan fingerprint density at radius 3 is 2.61 bits per heavy atom. The number of nitrogens with one attached hydrogen (secondary N) is 1. The van der Waals surface area contributed by atoms with Gasteiger partial charge in [-0.15, -0.1) is 0 Å². The molecule has 1 rings (SSSR count). The Morgan fingerprint density at radius 1 is 1.39 bits per heavy atom. The number of hydrogen-bond acceptors (Lipinski definition) is 4. The summed E-state index contributed by atoms with van der Waals surface area (Å²) in [6.07, 6.45) is 0.191. The fraction of sp³-hybridized carbons (Fsp3) is 0.643. The lowest BCUT2D eigenvalue weighted by Crippen LogP contribution is -2.30. The Hall–Kier alpha value is -1.29. The van der Waals surface area contributed by atoms with Crippen molar-refractivity contribution in [2.24, 2.45) is 0 Å². The molecule has 4 heteroatoms. The fourth-order valence-corrected chi connectivity index (χ4v) is 1.64. The van der Waals surface area contributed by atoms with E-state index in [0.717, 1.165) is 18.2 Å². The average Bonchev–Trinajstić information content (AvgIpc) is 2.26. The first-order chi connectivity index (χ1) is 8.31. The third-order valence-corrected chi connectivity index (χ3v) is 2.56. The predicted molar refractivity (Wildman–Crippen MR) is 77.4 cm³/mol. The Kier molecular flexibility index (Phi) is 4.96. The van der Waals surface area contributed by atoms with Crippen LogP contribution in [0.3, 0.4) is 0 Å². The minimum absolute atomic E-state index is 0.0179. The lowest BCUT2D eigenvalue weighted by Gasteiger charge is -2.24. The zero-order valence-corrected chi connectivity index (χ0v) is 12.3. The molecule has 0 bridgehead atoms. The summed E-state index contributed by atoms with van der Waals surface area (Å²) in [5.41, 5.74) is 0.0179. The molecule has 0 amide bonds. The van der Waals surface area contributed by atoms with Crippen LogP contribution in [-0.2, 0) is 4.74 Å². The van der Waals surface area contributed by atoms with Crippen molar-refractivity contribution < 1.29 is 4.74 Å². The molecule has 4 nitrogen and oxygen atoms in total. The van der Waals surface area contributed by atoms with E-state index in [2.05, 4.69) is 36.0 Å². The summed E-state index contributed by atoms with van der Waals surface area (Å²) >= 11 is 0. The van der Waals surface area contributed by atoms with E-state index < -0.39 is 0 Å². The summed E-state index contributed by atoms with van der Waals surface area (Å²) in [5, 5.41) is 3.37. The normalized spacial score (nSPS) is 13.2. The number of ether oxygens (including phenoxy) is 1. The fourth-order valence-electron chi connectivity index (χ4n) is 1.64. The van der Waals surface area contributed by atoms with E-state index in [9.17, 15) is 0 Å². The van der Waals surface area contributed by atoms with Crippen LogP contribution in [0.15, 0.2) is 18.2 Å². The highest BCUT2D eigenvalue weighted by Gasteiger charge is 2.12. The Balaban J connectivity index is 2.75. The second-order valence-corrected chi connectivity index (χ2v) is 5.68. The summed E-state index contributed by atoms with van der Waals surface area (Å²) in [6.45, 7) is 9.24. The minimum atomic E-state index is 0.0179. The van der Waals surface area contributed by atoms with Crippen LogP contribution in [0.5, 0.6) is 0 Å². The van der Waals surface area contributed by atoms with E-state index in [4.69, 9.17) is 4.74 Å². The smallest absolute Gasteiger partial charge is 0.130 e. The van der Waals surface area contributed by atoms with Crippen LogP contribution in [0, 0.1) is 0 Å². The molecule has 0 saturated heterocycles. The van der Waals surface area contributed by atoms with Crippen LogP contribution in [-0.4, -0.2) is 37.3 Å². The molecule has 0 aliphatic rings. The summed E-state index contributed by atoms with van der Waals surface area (Å²) < 4.78 is 5.27. The van der Waals surface area contributed by atoms with Gasteiger partial charge in [0.15, 0.2) is 0 Å². The molecule has 1 atom stereocenters. The highest BCUT2D eigenvalue weighted by atomic mass is 16.5. The van der Waals surface area contributed by atoms with E-state index >= 15 is 0 Å². The first-order valence-electron chi connectivity index (χ1n) is 6.31. The summed E-state index contributed by atoms with van der Waals surface area (Å²) in [4.78, 5) is 6.70. The van der Waals surface area contributed by atoms with Crippen LogP contribution in [0.4, 0.5) is 11.6 Å². The first kappa shape index (κ1) is 14.8. The maximum Gasteiger partial charge on any atom is 0.130 e. The number of hydrogen-bond donors (Lipinski definition) is 1. The van der Waals surface area contributed by atoms with Crippen LogP contribution in [0.2, 0.25) is 0 Å². The highest BCUT2D eigenvalue weighted by Crippen LogP contribution is 2.17. The first-order valence-corrected chi connectivity index (χ1v) is 6.31. The number of likely N-dealkylation sites (N-methyl/N-ethyl adjacent to an activating group) is 1. The zero-order chi connectivity index (χ0) is 13.8. The zero-order valence-electron chi connectivity index (χ0n) is 12.3. The van der Waals surface area contributed by atoms with Gasteiger partial charge in [-0.1, -0.05) is 6.07 Å². The van der Waals surface area contributed by atoms with Crippen molar-refractivity contribution >= 4 is 11.6 Å². The molecule has 1 aromatic heterocycles. The van der Waals surface area contributed by atoms with Crippen molar-refractivity contribution in [2.45, 2.75) is 39.3 Å². The molecule has 0 aliphatic carbocycles. The minimum Gasteiger partial charge on any atom is -0.380 e. The molecule has 0 saturated carbocycles. The monoisotopic (exact) mass is 251 g/mol. The van der Waals surface area contributed by atoms with Crippen molar-refractivity contribution in [3.8, 4) is 0 Å². The van der Waals surface area contributed by atoms with Gasteiger partial charge in [-0.3, -0.25) is 0 Å². The molecule has 0 radical (unpaired) electrons. The van der Waals surface area contributed by atoms with E-state index in [0.29, 0.717) is 0 Å². The quantitative estimate of drug-likeness (QED) is 0.873. The van der Waals surface area contributed by atoms with Crippen molar-refractivity contribution in [1.82, 2.24) is 4.98 Å². The molecular formula is C14H25N3O. The highest BCUT2D eigenvalue weighted by molar-refractivity contribution is 5.47. The lowest BCUT2D eigenvalue weighted by atomic mass is 10.1. The Labute approximate surface area is 110 Å². The van der Waals surface area contributed by atoms with Gasteiger partial charge in [-0.25, -0.2) is 4.98 Å². The maximum absolute atomic E-state index is 5.27. The van der Waals surface area contributed by atoms with Gasteiger partial charge < -0.3 is 15.0 Å². The van der Waals surface area contributed by atoms with E-state index in [1.807, 2.05) is 32.2 Å². The largest absolute Gasteiger partial charge is 0.380 e. The standard InChI is InChI=1S/C14H25N3O/c1-11(18-6)10-17(5)13-9-7-8-12(15-13)16-14(2,3)4/h7-9,11H,10H2,1-6H3,(H,15,16). The van der Waals surface area contributed by atoms with Gasteiger partial charge in [-0.05, 0) is 39.8 Å². The molecule has 0 aromatic carbocycles. The van der Waals surface area contributed by atoms with Gasteiger partial charge in [0.25, 0.3) is 0 Å². The molecule has 0 spiro atoms. The Bertz CT molecular complexity index is 374. The second kappa shape index (κ2) is 6.05. The van der Waals surface area contributed by atoms with Crippen LogP contribution >= 0.6 is 0 Å². The van der Waals surface area contributed by atoms with Crippen molar-refractivity contribution in [2.75, 3.05) is 30.9 Å². The van der Waals surface area contributed by atoms with Gasteiger partial charge in [0.1, 0.15) is 11.6 Å². The SMILES string of the molecule is COC(C)CN(C)c1cccc(NC(C)(C)C)n1. The van der Waals surface area contributed by atoms with Gasteiger partial charge in [0.05, 0.1) is 6.10 Å². The number of nitrogens with zero attached hydrogens (tertiary/aromatic N) is 2. The average molecular weight is 251 g/mol. The van der Waals surface area contributed by atoms with Crippen molar-refractivity contribution in [3.63, 3.8) is 0 Å². The van der Waals surface area contributed by atoms with Gasteiger partial charge in [0.2, 0.25) is 0 Å². The van der Waals surface area contributed by atoms with Crippen LogP contribution in [0.25, 0.3) is 0 Å². The predicted octanol–water partition coefficient (Wildman–Crippen LogP) is 2.76. The van der Waals surface area contributed by atoms with Gasteiger partial charge in [-0.2, -0.15) is 0 Å². The molecule has 1 heterocycles. The molecule has 0 fully saturated rings. The molecule has 1 aromatic rings. The van der Waals surface area contributed by atoms with E-state index in [-0.39, 0.29) is 11.6 Å². The van der Waals surface area contributed by atoms with Crippen molar-refractivity contribution in [1.29, 1.82) is 0 Å². The van der Waals surface area contributed by atoms with Crippen LogP contribution < -0.4 is 10.2 Å². The number of aromatic nitrogens is 1. The third-order valence-electron chi connectivity index (χ3n) is 2.56. The van der Waals surface area contributed by atoms with Gasteiger partial charge in [0, 0.05) is 26.2 Å². The summed E-state index contributed by atoms with van der Waals surface area (Å²) in [6, 6.07) is 6.02. The number of anilines is 2. The molecule has 1 unspecified atom stereocenters. The molecule has 1 N–H and O–H groups in total. The molecule has 102 valence electrons. The van der Waals surface area contributed by atoms with E-state index in [1.54, 1.807) is 7.11 Å². The summed E-state index contributed by atoms with van der Waals surface area (Å²) in [7, 11) is 3.75. The molecule has 0 aliphatic heterocycles. The van der Waals surface area contributed by atoms with Gasteiger partial charge >= 0.3 is 0 Å². The molecular weight excluding hydrogens is 226 g/mol.